The van der Waals surface area contributed by atoms with Crippen LogP contribution in [0.3, 0.4) is 0 Å². The molecule has 0 spiro atoms. The molecule has 0 atom stereocenters. The second-order valence-electron chi connectivity index (χ2n) is 2.96. The molecule has 0 aliphatic rings. The van der Waals surface area contributed by atoms with Gasteiger partial charge in [0, 0.05) is 6.61 Å². The molecule has 5 nitrogen and oxygen atoms in total. The third-order valence-corrected chi connectivity index (χ3v) is 1.96. The average molecular weight is 210 g/mol. The fourth-order valence-corrected chi connectivity index (χ4v) is 1.26. The molecule has 5 heteroatoms. The summed E-state index contributed by atoms with van der Waals surface area (Å²) < 4.78 is 0. The van der Waals surface area contributed by atoms with Gasteiger partial charge in [0.25, 0.3) is 0 Å². The van der Waals surface area contributed by atoms with E-state index in [2.05, 4.69) is 0 Å². The first-order valence-corrected chi connectivity index (χ1v) is 4.26. The lowest BCUT2D eigenvalue weighted by Crippen LogP contribution is -2.07. The van der Waals surface area contributed by atoms with Crippen LogP contribution in [0.2, 0.25) is 0 Å². The number of aliphatic hydroxyl groups is 1. The van der Waals surface area contributed by atoms with Gasteiger partial charge in [-0.1, -0.05) is 0 Å². The van der Waals surface area contributed by atoms with Crippen molar-refractivity contribution in [1.82, 2.24) is 0 Å². The summed E-state index contributed by atoms with van der Waals surface area (Å²) in [5, 5.41) is 26.2. The van der Waals surface area contributed by atoms with Crippen LogP contribution in [0, 0.1) is 0 Å². The molecule has 1 rings (SSSR count). The lowest BCUT2D eigenvalue weighted by atomic mass is 10.0. The fraction of sp³-hybridized carbons (Fsp3) is 0.200. The van der Waals surface area contributed by atoms with Gasteiger partial charge < -0.3 is 15.3 Å². The van der Waals surface area contributed by atoms with E-state index >= 15 is 0 Å². The molecule has 0 fully saturated rings. The number of carbonyl (C=O) groups is 2. The number of hydrogen-bond donors (Lipinski definition) is 3. The summed E-state index contributed by atoms with van der Waals surface area (Å²) in [7, 11) is 0. The topological polar surface area (TPSA) is 94.8 Å². The first-order valence-electron chi connectivity index (χ1n) is 4.26. The van der Waals surface area contributed by atoms with Gasteiger partial charge in [-0.3, -0.25) is 0 Å². The minimum absolute atomic E-state index is 0.0171. The number of hydrogen-bond acceptors (Lipinski definition) is 3. The van der Waals surface area contributed by atoms with Crippen LogP contribution >= 0.6 is 0 Å². The van der Waals surface area contributed by atoms with E-state index in [1.54, 1.807) is 0 Å². The smallest absolute Gasteiger partial charge is 0.335 e. The van der Waals surface area contributed by atoms with Crippen LogP contribution in [0.1, 0.15) is 26.3 Å². The van der Waals surface area contributed by atoms with E-state index in [9.17, 15) is 9.59 Å². The third-order valence-electron chi connectivity index (χ3n) is 1.96. The van der Waals surface area contributed by atoms with E-state index in [-0.39, 0.29) is 24.2 Å². The normalized spacial score (nSPS) is 9.93. The maximum absolute atomic E-state index is 10.7. The Bertz CT molecular complexity index is 397. The van der Waals surface area contributed by atoms with Crippen molar-refractivity contribution in [3.05, 3.63) is 34.9 Å². The Kier molecular flexibility index (Phi) is 3.41. The van der Waals surface area contributed by atoms with Crippen molar-refractivity contribution < 1.29 is 24.9 Å². The molecule has 0 unspecified atom stereocenters. The summed E-state index contributed by atoms with van der Waals surface area (Å²) in [6.07, 6.45) is 0.128. The summed E-state index contributed by atoms with van der Waals surface area (Å²) in [5.74, 6) is -2.25. The van der Waals surface area contributed by atoms with Crippen molar-refractivity contribution in [3.63, 3.8) is 0 Å². The summed E-state index contributed by atoms with van der Waals surface area (Å²) in [4.78, 5) is 21.4. The van der Waals surface area contributed by atoms with Crippen molar-refractivity contribution in [2.75, 3.05) is 6.61 Å². The van der Waals surface area contributed by atoms with Crippen LogP contribution in [-0.2, 0) is 6.42 Å². The van der Waals surface area contributed by atoms with Crippen LogP contribution in [0.15, 0.2) is 18.2 Å². The molecule has 3 N–H and O–H groups in total. The Morgan fingerprint density at radius 2 is 1.80 bits per heavy atom. The number of rotatable bonds is 4. The van der Waals surface area contributed by atoms with Crippen LogP contribution in [0.4, 0.5) is 0 Å². The monoisotopic (exact) mass is 210 g/mol. The van der Waals surface area contributed by atoms with E-state index < -0.39 is 11.9 Å². The first-order chi connectivity index (χ1) is 7.06. The van der Waals surface area contributed by atoms with Crippen molar-refractivity contribution in [2.24, 2.45) is 0 Å². The van der Waals surface area contributed by atoms with Crippen LogP contribution < -0.4 is 0 Å². The first kappa shape index (κ1) is 11.2. The van der Waals surface area contributed by atoms with E-state index in [1.165, 1.54) is 18.2 Å². The van der Waals surface area contributed by atoms with E-state index in [1.807, 2.05) is 0 Å². The molecule has 0 aliphatic carbocycles. The minimum atomic E-state index is -1.13. The van der Waals surface area contributed by atoms with Crippen molar-refractivity contribution in [2.45, 2.75) is 6.42 Å². The maximum Gasteiger partial charge on any atom is 0.335 e. The second kappa shape index (κ2) is 4.56. The predicted molar refractivity (Wildman–Crippen MR) is 51.2 cm³/mol. The van der Waals surface area contributed by atoms with E-state index in [0.717, 1.165) is 0 Å². The summed E-state index contributed by atoms with van der Waals surface area (Å²) >= 11 is 0. The zero-order valence-electron chi connectivity index (χ0n) is 7.80. The highest BCUT2D eigenvalue weighted by Gasteiger charge is 2.12. The molecule has 0 bridgehead atoms. The molecule has 80 valence electrons. The Balaban J connectivity index is 3.20. The highest BCUT2D eigenvalue weighted by atomic mass is 16.4. The van der Waals surface area contributed by atoms with Crippen molar-refractivity contribution in [1.29, 1.82) is 0 Å². The molecular weight excluding hydrogens is 200 g/mol. The van der Waals surface area contributed by atoms with Crippen LogP contribution in [0.5, 0.6) is 0 Å². The summed E-state index contributed by atoms with van der Waals surface area (Å²) in [6, 6.07) is 3.73. The van der Waals surface area contributed by atoms with Crippen LogP contribution in [0.25, 0.3) is 0 Å². The standard InChI is InChI=1S/C10H10O5/c11-4-3-6-5-7(9(12)13)1-2-8(6)10(14)15/h1-2,5,11H,3-4H2,(H,12,13)(H,14,15). The quantitative estimate of drug-likeness (QED) is 0.677. The third kappa shape index (κ3) is 2.54. The van der Waals surface area contributed by atoms with Crippen LogP contribution in [-0.4, -0.2) is 33.9 Å². The number of aliphatic hydroxyl groups excluding tert-OH is 1. The predicted octanol–water partition coefficient (Wildman–Crippen LogP) is 0.618. The number of benzene rings is 1. The number of carboxylic acid groups (broad SMARTS) is 2. The Labute approximate surface area is 85.6 Å². The minimum Gasteiger partial charge on any atom is -0.478 e. The van der Waals surface area contributed by atoms with Gasteiger partial charge in [-0.05, 0) is 30.2 Å². The molecule has 1 aromatic rings. The zero-order chi connectivity index (χ0) is 11.4. The van der Waals surface area contributed by atoms with Crippen molar-refractivity contribution >= 4 is 11.9 Å². The molecule has 0 heterocycles. The van der Waals surface area contributed by atoms with E-state index in [0.29, 0.717) is 5.56 Å². The molecular formula is C10H10O5. The maximum atomic E-state index is 10.7. The Morgan fingerprint density at radius 1 is 1.13 bits per heavy atom. The molecule has 0 aliphatic heterocycles. The SMILES string of the molecule is O=C(O)c1ccc(C(=O)O)c(CCO)c1. The summed E-state index contributed by atoms with van der Waals surface area (Å²) in [6.45, 7) is -0.219. The Morgan fingerprint density at radius 3 is 2.27 bits per heavy atom. The number of carboxylic acids is 2. The highest BCUT2D eigenvalue weighted by Crippen LogP contribution is 2.13. The lowest BCUT2D eigenvalue weighted by Gasteiger charge is -2.05. The van der Waals surface area contributed by atoms with Gasteiger partial charge in [0.15, 0.2) is 0 Å². The van der Waals surface area contributed by atoms with Gasteiger partial charge in [-0.2, -0.15) is 0 Å². The largest absolute Gasteiger partial charge is 0.478 e. The second-order valence-corrected chi connectivity index (χ2v) is 2.96. The molecule has 0 saturated heterocycles. The Hall–Kier alpha value is -1.88. The zero-order valence-corrected chi connectivity index (χ0v) is 7.80. The molecule has 1 aromatic carbocycles. The average Bonchev–Trinajstić information content (AvgIpc) is 2.17. The molecule has 0 aromatic heterocycles. The fourth-order valence-electron chi connectivity index (χ4n) is 1.26. The molecule has 0 amide bonds. The van der Waals surface area contributed by atoms with Gasteiger partial charge in [0.2, 0.25) is 0 Å². The molecule has 15 heavy (non-hydrogen) atoms. The molecule has 0 radical (unpaired) electrons. The van der Waals surface area contributed by atoms with E-state index in [4.69, 9.17) is 15.3 Å². The highest BCUT2D eigenvalue weighted by molar-refractivity contribution is 5.93. The molecule has 0 saturated carbocycles. The van der Waals surface area contributed by atoms with Gasteiger partial charge in [-0.25, -0.2) is 9.59 Å². The van der Waals surface area contributed by atoms with Crippen molar-refractivity contribution in [3.8, 4) is 0 Å². The van der Waals surface area contributed by atoms with Gasteiger partial charge in [0.05, 0.1) is 11.1 Å². The number of aromatic carboxylic acids is 2. The summed E-state index contributed by atoms with van der Waals surface area (Å²) in [5.41, 5.74) is 0.363. The van der Waals surface area contributed by atoms with Gasteiger partial charge >= 0.3 is 11.9 Å². The lowest BCUT2D eigenvalue weighted by molar-refractivity contribution is 0.0680. The van der Waals surface area contributed by atoms with Gasteiger partial charge in [-0.15, -0.1) is 0 Å². The van der Waals surface area contributed by atoms with Gasteiger partial charge in [0.1, 0.15) is 0 Å².